The van der Waals surface area contributed by atoms with Gasteiger partial charge in [0.2, 0.25) is 0 Å². The molecule has 0 spiro atoms. The molecule has 0 N–H and O–H groups in total. The highest BCUT2D eigenvalue weighted by molar-refractivity contribution is 5.74. The highest BCUT2D eigenvalue weighted by atomic mass is 19.4. The molecule has 0 heterocycles. The fourth-order valence-electron chi connectivity index (χ4n) is 4.31. The molecule has 0 aliphatic heterocycles. The van der Waals surface area contributed by atoms with Crippen LogP contribution in [0.15, 0.2) is 0 Å². The van der Waals surface area contributed by atoms with Crippen molar-refractivity contribution in [2.75, 3.05) is 26.4 Å². The average Bonchev–Trinajstić information content (AvgIpc) is 3.18. The van der Waals surface area contributed by atoms with E-state index in [0.29, 0.717) is 0 Å². The number of ether oxygens (including phenoxy) is 8. The molecule has 412 valence electrons. The highest BCUT2D eigenvalue weighted by Gasteiger charge is 2.64. The molecule has 0 aromatic rings. The van der Waals surface area contributed by atoms with Gasteiger partial charge in [0.05, 0.1) is 0 Å². The van der Waals surface area contributed by atoms with Crippen molar-refractivity contribution < 1.29 is 164 Å². The van der Waals surface area contributed by atoms with Gasteiger partial charge < -0.3 is 37.9 Å². The number of unbranched alkanes of at least 4 members (excludes halogenated alkanes) is 2. The second kappa shape index (κ2) is 26.7. The minimum absolute atomic E-state index is 0.562. The maximum absolute atomic E-state index is 13.0. The fraction of sp³-hybridized carbons (Fsp3) is 0.771. The molecule has 36 heteroatoms. The summed E-state index contributed by atoms with van der Waals surface area (Å²) < 4.78 is 284. The molecule has 0 saturated heterocycles. The van der Waals surface area contributed by atoms with E-state index in [9.17, 15) is 126 Å². The van der Waals surface area contributed by atoms with Crippen LogP contribution in [0.1, 0.15) is 89.9 Å². The van der Waals surface area contributed by atoms with Crippen LogP contribution in [-0.2, 0) is 76.3 Å². The number of carbonyl (C=O) groups is 8. The normalized spacial score (nSPS) is 13.1. The number of carbonyl (C=O) groups excluding carboxylic acids is 8. The topological polar surface area (TPSA) is 210 Å². The predicted octanol–water partition coefficient (Wildman–Crippen LogP) is 8.40. The Morgan fingerprint density at radius 1 is 0.239 bits per heavy atom. The molecule has 71 heavy (non-hydrogen) atoms. The van der Waals surface area contributed by atoms with Gasteiger partial charge in [-0.2, -0.15) is 87.8 Å². The molecule has 0 aliphatic carbocycles. The summed E-state index contributed by atoms with van der Waals surface area (Å²) in [5, 5.41) is 0. The molecule has 0 aromatic heterocycles. The second-order valence-corrected chi connectivity index (χ2v) is 14.2. The van der Waals surface area contributed by atoms with E-state index in [1.54, 1.807) is 0 Å². The van der Waals surface area contributed by atoms with Crippen molar-refractivity contribution >= 4 is 47.8 Å². The molecule has 0 radical (unpaired) electrons. The molecule has 0 amide bonds. The molecule has 0 aliphatic rings. The molecule has 0 unspecified atom stereocenters. The summed E-state index contributed by atoms with van der Waals surface area (Å²) in [6.07, 6.45) is -62.1. The van der Waals surface area contributed by atoms with Crippen LogP contribution in [0.2, 0.25) is 0 Å². The lowest BCUT2D eigenvalue weighted by Crippen LogP contribution is -2.44. The molecular formula is C35H36F20O16. The van der Waals surface area contributed by atoms with Gasteiger partial charge in [0.15, 0.2) is 0 Å². The number of rotatable bonds is 30. The van der Waals surface area contributed by atoms with Crippen LogP contribution in [0, 0.1) is 5.41 Å². The van der Waals surface area contributed by atoms with Crippen LogP contribution in [0.4, 0.5) is 87.8 Å². The first kappa shape index (κ1) is 65.4. The van der Waals surface area contributed by atoms with Crippen LogP contribution in [0.5, 0.6) is 0 Å². The first-order chi connectivity index (χ1) is 32.0. The Labute approximate surface area is 383 Å². The lowest BCUT2D eigenvalue weighted by atomic mass is 9.92. The fourth-order valence-corrected chi connectivity index (χ4v) is 4.31. The van der Waals surface area contributed by atoms with Crippen molar-refractivity contribution in [1.82, 2.24) is 0 Å². The molecule has 16 nitrogen and oxygen atoms in total. The summed E-state index contributed by atoms with van der Waals surface area (Å²) >= 11 is 0. The highest BCUT2D eigenvalue weighted by Crippen LogP contribution is 2.39. The van der Waals surface area contributed by atoms with Gasteiger partial charge in [-0.3, -0.25) is 38.4 Å². The molecule has 0 aromatic carbocycles. The van der Waals surface area contributed by atoms with Crippen molar-refractivity contribution in [2.24, 2.45) is 5.41 Å². The van der Waals surface area contributed by atoms with Crippen LogP contribution < -0.4 is 0 Å². The van der Waals surface area contributed by atoms with Crippen molar-refractivity contribution in [3.63, 3.8) is 0 Å². The first-order valence-corrected chi connectivity index (χ1v) is 19.3. The first-order valence-electron chi connectivity index (χ1n) is 19.3. The number of hydrogen-bond acceptors (Lipinski definition) is 16. The summed E-state index contributed by atoms with van der Waals surface area (Å²) in [7, 11) is 0. The van der Waals surface area contributed by atoms with E-state index in [2.05, 4.69) is 18.9 Å². The molecular weight excluding hydrogens is 1060 g/mol. The average molecular weight is 1090 g/mol. The smallest absolute Gasteiger partial charge is 0.465 e. The van der Waals surface area contributed by atoms with Gasteiger partial charge in [0, 0.05) is 51.4 Å². The third-order valence-electron chi connectivity index (χ3n) is 7.99. The van der Waals surface area contributed by atoms with Gasteiger partial charge in [-0.25, -0.2) is 0 Å². The van der Waals surface area contributed by atoms with Crippen molar-refractivity contribution in [2.45, 2.75) is 139 Å². The predicted molar refractivity (Wildman–Crippen MR) is 179 cm³/mol. The Kier molecular flexibility index (Phi) is 24.6. The van der Waals surface area contributed by atoms with E-state index >= 15 is 0 Å². The van der Waals surface area contributed by atoms with Gasteiger partial charge in [0.1, 0.15) is 31.8 Å². The van der Waals surface area contributed by atoms with Gasteiger partial charge >= 0.3 is 96.9 Å². The monoisotopic (exact) mass is 1090 g/mol. The van der Waals surface area contributed by atoms with Gasteiger partial charge in [0.25, 0.3) is 0 Å². The van der Waals surface area contributed by atoms with Crippen LogP contribution in [-0.4, -0.2) is 123 Å². The van der Waals surface area contributed by atoms with E-state index in [1.165, 1.54) is 0 Å². The van der Waals surface area contributed by atoms with Gasteiger partial charge in [-0.05, 0) is 38.5 Å². The minimum Gasteiger partial charge on any atom is -0.465 e. The third kappa shape index (κ3) is 24.8. The third-order valence-corrected chi connectivity index (χ3v) is 7.99. The summed E-state index contributed by atoms with van der Waals surface area (Å²) in [4.78, 5) is 96.2. The standard InChI is InChI=1S/C35H36F20O16/c36-28(37,38)32(48,49)68-23(60)9-3-1-7-19(56)64-15-27(17-66-21(58)11-5-13-25(62)70-34(52,53)30(42,43)44,18-67-22(59)12-6-14-26(63)71-35(54,55)31(45,46)47)16-65-20(57)8-2-4-10-24(61)69-33(50,51)29(39,40)41/h1-18H2. The Hall–Kier alpha value is -5.64. The van der Waals surface area contributed by atoms with Crippen LogP contribution in [0.3, 0.4) is 0 Å². The van der Waals surface area contributed by atoms with Crippen LogP contribution in [0.25, 0.3) is 0 Å². The number of alkyl halides is 20. The lowest BCUT2D eigenvalue weighted by Gasteiger charge is -2.31. The molecule has 0 fully saturated rings. The Balaban J connectivity index is 6.28. The molecule has 0 atom stereocenters. The minimum atomic E-state index is -6.36. The summed E-state index contributed by atoms with van der Waals surface area (Å²) in [6.45, 7) is -5.19. The molecule has 0 rings (SSSR count). The Morgan fingerprint density at radius 2 is 0.394 bits per heavy atom. The van der Waals surface area contributed by atoms with Crippen molar-refractivity contribution in [1.29, 1.82) is 0 Å². The van der Waals surface area contributed by atoms with E-state index in [0.717, 1.165) is 0 Å². The number of halogens is 20. The zero-order valence-corrected chi connectivity index (χ0v) is 35.3. The SMILES string of the molecule is O=C(CCCCC(=O)OC(F)(F)C(F)(F)F)OCC(COC(=O)CCCCC(=O)OC(F)(F)C(F)(F)F)(COC(=O)CCCC(=O)OC(F)(F)C(F)(F)F)COC(=O)CCCC(=O)OC(F)(F)C(F)(F)F. The van der Waals surface area contributed by atoms with Gasteiger partial charge in [-0.1, -0.05) is 0 Å². The molecule has 0 bridgehead atoms. The number of hydrogen-bond donors (Lipinski definition) is 0. The Morgan fingerprint density at radius 3 is 0.577 bits per heavy atom. The van der Waals surface area contributed by atoms with E-state index < -0.39 is 219 Å². The summed E-state index contributed by atoms with van der Waals surface area (Å²) in [6, 6.07) is 0. The van der Waals surface area contributed by atoms with E-state index in [1.807, 2.05) is 0 Å². The lowest BCUT2D eigenvalue weighted by molar-refractivity contribution is -0.376. The van der Waals surface area contributed by atoms with E-state index in [4.69, 9.17) is 18.9 Å². The second-order valence-electron chi connectivity index (χ2n) is 14.2. The summed E-state index contributed by atoms with van der Waals surface area (Å²) in [5.74, 6) is -14.4. The summed E-state index contributed by atoms with van der Waals surface area (Å²) in [5.41, 5.74) is -2.43. The van der Waals surface area contributed by atoms with Gasteiger partial charge in [-0.15, -0.1) is 0 Å². The Bertz CT molecular complexity index is 1680. The molecule has 0 saturated carbocycles. The maximum Gasteiger partial charge on any atom is 0.501 e. The quantitative estimate of drug-likeness (QED) is 0.0286. The van der Waals surface area contributed by atoms with Crippen LogP contribution >= 0.6 is 0 Å². The van der Waals surface area contributed by atoms with Crippen molar-refractivity contribution in [3.05, 3.63) is 0 Å². The van der Waals surface area contributed by atoms with Crippen molar-refractivity contribution in [3.8, 4) is 0 Å². The van der Waals surface area contributed by atoms with E-state index in [-0.39, 0.29) is 0 Å². The maximum atomic E-state index is 13.0. The zero-order valence-electron chi connectivity index (χ0n) is 35.3. The largest absolute Gasteiger partial charge is 0.501 e. The zero-order chi connectivity index (χ0) is 55.5. The number of esters is 8.